The number of hydrogen-bond acceptors (Lipinski definition) is 4. The van der Waals surface area contributed by atoms with E-state index in [4.69, 9.17) is 9.47 Å². The molecule has 0 radical (unpaired) electrons. The first-order valence-electron chi connectivity index (χ1n) is 6.90. The fourth-order valence-electron chi connectivity index (χ4n) is 2.26. The lowest BCUT2D eigenvalue weighted by molar-refractivity contribution is 0.0887. The lowest BCUT2D eigenvalue weighted by atomic mass is 10.2. The predicted molar refractivity (Wildman–Crippen MR) is 81.8 cm³/mol. The molecule has 0 saturated heterocycles. The molecule has 3 nitrogen and oxygen atoms in total. The summed E-state index contributed by atoms with van der Waals surface area (Å²) in [6.07, 6.45) is 0.0633. The second kappa shape index (κ2) is 5.85. The zero-order chi connectivity index (χ0) is 13.9. The highest BCUT2D eigenvalue weighted by Crippen LogP contribution is 2.31. The van der Waals surface area contributed by atoms with Gasteiger partial charge in [-0.3, -0.25) is 0 Å². The Balaban J connectivity index is 1.55. The van der Waals surface area contributed by atoms with Crippen molar-refractivity contribution in [2.24, 2.45) is 0 Å². The average molecular weight is 289 g/mol. The second-order valence-electron chi connectivity index (χ2n) is 5.08. The first kappa shape index (κ1) is 13.5. The maximum Gasteiger partial charge on any atom is 0.161 e. The molecule has 0 fully saturated rings. The number of hydrogen-bond donors (Lipinski definition) is 1. The zero-order valence-electron chi connectivity index (χ0n) is 11.8. The summed E-state index contributed by atoms with van der Waals surface area (Å²) in [5.74, 6) is 1.68. The van der Waals surface area contributed by atoms with Gasteiger partial charge in [0, 0.05) is 22.3 Å². The summed E-state index contributed by atoms with van der Waals surface area (Å²) in [5.41, 5.74) is 0. The highest BCUT2D eigenvalue weighted by Gasteiger charge is 2.21. The number of nitrogens with one attached hydrogen (secondary N) is 1. The van der Waals surface area contributed by atoms with Crippen molar-refractivity contribution in [2.45, 2.75) is 26.0 Å². The summed E-state index contributed by atoms with van der Waals surface area (Å²) in [6.45, 7) is 5.70. The van der Waals surface area contributed by atoms with E-state index < -0.39 is 0 Å². The summed E-state index contributed by atoms with van der Waals surface area (Å²) < 4.78 is 11.7. The molecule has 20 heavy (non-hydrogen) atoms. The van der Waals surface area contributed by atoms with E-state index in [1.807, 2.05) is 35.6 Å². The van der Waals surface area contributed by atoms with Crippen LogP contribution in [0.15, 0.2) is 36.4 Å². The number of para-hydroxylation sites is 2. The van der Waals surface area contributed by atoms with Crippen molar-refractivity contribution in [1.29, 1.82) is 0 Å². The van der Waals surface area contributed by atoms with E-state index in [-0.39, 0.29) is 6.10 Å². The van der Waals surface area contributed by atoms with Crippen LogP contribution in [0, 0.1) is 6.92 Å². The minimum Gasteiger partial charge on any atom is -0.486 e. The van der Waals surface area contributed by atoms with Crippen LogP contribution < -0.4 is 14.8 Å². The van der Waals surface area contributed by atoms with E-state index >= 15 is 0 Å². The summed E-state index contributed by atoms with van der Waals surface area (Å²) in [4.78, 5) is 2.71. The fourth-order valence-corrected chi connectivity index (χ4v) is 3.16. The Bertz CT molecular complexity index is 581. The van der Waals surface area contributed by atoms with Crippen LogP contribution in [0.2, 0.25) is 0 Å². The first-order chi connectivity index (χ1) is 9.72. The Morgan fingerprint density at radius 1 is 1.25 bits per heavy atom. The van der Waals surface area contributed by atoms with E-state index in [1.165, 1.54) is 9.75 Å². The topological polar surface area (TPSA) is 30.5 Å². The molecule has 0 amide bonds. The number of benzene rings is 1. The molecule has 0 aliphatic carbocycles. The van der Waals surface area contributed by atoms with Gasteiger partial charge < -0.3 is 14.8 Å². The number of thiophene rings is 1. The van der Waals surface area contributed by atoms with Crippen LogP contribution in [-0.2, 0) is 0 Å². The number of rotatable bonds is 4. The Labute approximate surface area is 123 Å². The Hall–Kier alpha value is -1.52. The molecular formula is C16H19NO2S. The van der Waals surface area contributed by atoms with Crippen molar-refractivity contribution >= 4 is 11.3 Å². The van der Waals surface area contributed by atoms with Crippen LogP contribution >= 0.6 is 11.3 Å². The lowest BCUT2D eigenvalue weighted by Gasteiger charge is -2.27. The summed E-state index contributed by atoms with van der Waals surface area (Å²) >= 11 is 1.84. The molecule has 2 aromatic rings. The van der Waals surface area contributed by atoms with Crippen LogP contribution in [0.4, 0.5) is 0 Å². The molecule has 106 valence electrons. The molecule has 0 saturated carbocycles. The minimum atomic E-state index is 0.0633. The van der Waals surface area contributed by atoms with E-state index in [9.17, 15) is 0 Å². The molecule has 2 heterocycles. The van der Waals surface area contributed by atoms with E-state index in [2.05, 4.69) is 31.3 Å². The first-order valence-corrected chi connectivity index (χ1v) is 7.72. The molecule has 0 spiro atoms. The van der Waals surface area contributed by atoms with Gasteiger partial charge in [0.05, 0.1) is 0 Å². The number of aryl methyl sites for hydroxylation is 1. The highest BCUT2D eigenvalue weighted by atomic mass is 32.1. The molecule has 1 aliphatic heterocycles. The van der Waals surface area contributed by atoms with E-state index in [0.717, 1.165) is 18.0 Å². The molecule has 1 aliphatic rings. The molecule has 0 bridgehead atoms. The third kappa shape index (κ3) is 2.97. The molecular weight excluding hydrogens is 270 g/mol. The maximum absolute atomic E-state index is 5.94. The molecule has 1 aromatic carbocycles. The third-order valence-corrected chi connectivity index (χ3v) is 4.59. The van der Waals surface area contributed by atoms with Gasteiger partial charge in [0.25, 0.3) is 0 Å². The Morgan fingerprint density at radius 3 is 2.80 bits per heavy atom. The number of fused-ring (bicyclic) bond motifs is 1. The Kier molecular flexibility index (Phi) is 3.94. The van der Waals surface area contributed by atoms with Crippen molar-refractivity contribution in [1.82, 2.24) is 5.32 Å². The van der Waals surface area contributed by atoms with Crippen LogP contribution in [0.25, 0.3) is 0 Å². The van der Waals surface area contributed by atoms with Gasteiger partial charge in [-0.2, -0.15) is 0 Å². The smallest absolute Gasteiger partial charge is 0.161 e. The highest BCUT2D eigenvalue weighted by molar-refractivity contribution is 7.12. The zero-order valence-corrected chi connectivity index (χ0v) is 12.6. The molecule has 2 unspecified atom stereocenters. The van der Waals surface area contributed by atoms with Crippen LogP contribution in [-0.4, -0.2) is 19.3 Å². The summed E-state index contributed by atoms with van der Waals surface area (Å²) in [5, 5.41) is 3.52. The normalized spacial score (nSPS) is 18.8. The summed E-state index contributed by atoms with van der Waals surface area (Å²) in [6, 6.07) is 12.5. The van der Waals surface area contributed by atoms with Gasteiger partial charge in [-0.15, -0.1) is 11.3 Å². The quantitative estimate of drug-likeness (QED) is 0.933. The van der Waals surface area contributed by atoms with Gasteiger partial charge >= 0.3 is 0 Å². The predicted octanol–water partition coefficient (Wildman–Crippen LogP) is 3.55. The van der Waals surface area contributed by atoms with E-state index in [1.54, 1.807) is 0 Å². The molecule has 1 N–H and O–H groups in total. The third-order valence-electron chi connectivity index (χ3n) is 3.41. The van der Waals surface area contributed by atoms with Gasteiger partial charge in [-0.25, -0.2) is 0 Å². The fraction of sp³-hybridized carbons (Fsp3) is 0.375. The van der Waals surface area contributed by atoms with E-state index in [0.29, 0.717) is 12.6 Å². The molecule has 4 heteroatoms. The maximum atomic E-state index is 5.94. The molecule has 1 aromatic heterocycles. The van der Waals surface area contributed by atoms with Gasteiger partial charge in [-0.1, -0.05) is 12.1 Å². The molecule has 3 rings (SSSR count). The average Bonchev–Trinajstić information content (AvgIpc) is 2.91. The van der Waals surface area contributed by atoms with Crippen LogP contribution in [0.5, 0.6) is 11.5 Å². The van der Waals surface area contributed by atoms with Crippen LogP contribution in [0.3, 0.4) is 0 Å². The van der Waals surface area contributed by atoms with Gasteiger partial charge in [0.15, 0.2) is 11.5 Å². The Morgan fingerprint density at radius 2 is 2.05 bits per heavy atom. The van der Waals surface area contributed by atoms with Crippen molar-refractivity contribution in [2.75, 3.05) is 13.2 Å². The largest absolute Gasteiger partial charge is 0.486 e. The van der Waals surface area contributed by atoms with Crippen molar-refractivity contribution < 1.29 is 9.47 Å². The van der Waals surface area contributed by atoms with Crippen molar-refractivity contribution in [3.8, 4) is 11.5 Å². The molecule has 2 atom stereocenters. The van der Waals surface area contributed by atoms with Crippen molar-refractivity contribution in [3.63, 3.8) is 0 Å². The standard InChI is InChI=1S/C16H19NO2S/c1-11-7-8-16(20-11)12(2)17-9-13-10-18-14-5-3-4-6-15(14)19-13/h3-8,12-13,17H,9-10H2,1-2H3. The monoisotopic (exact) mass is 289 g/mol. The number of ether oxygens (including phenoxy) is 2. The summed E-state index contributed by atoms with van der Waals surface area (Å²) in [7, 11) is 0. The second-order valence-corrected chi connectivity index (χ2v) is 6.40. The van der Waals surface area contributed by atoms with Gasteiger partial charge in [-0.05, 0) is 38.1 Å². The van der Waals surface area contributed by atoms with Crippen molar-refractivity contribution in [3.05, 3.63) is 46.2 Å². The van der Waals surface area contributed by atoms with Gasteiger partial charge in [0.2, 0.25) is 0 Å². The van der Waals surface area contributed by atoms with Gasteiger partial charge in [0.1, 0.15) is 12.7 Å². The van der Waals surface area contributed by atoms with Crippen LogP contribution in [0.1, 0.15) is 22.7 Å². The minimum absolute atomic E-state index is 0.0633. The lowest BCUT2D eigenvalue weighted by Crippen LogP contribution is -2.39. The SMILES string of the molecule is Cc1ccc(C(C)NCC2COc3ccccc3O2)s1.